The number of carboxylic acids is 1. The van der Waals surface area contributed by atoms with Crippen LogP contribution in [0.2, 0.25) is 0 Å². The number of rotatable bonds is 5. The van der Waals surface area contributed by atoms with Gasteiger partial charge in [-0.15, -0.1) is 0 Å². The Morgan fingerprint density at radius 3 is 2.74 bits per heavy atom. The number of carbonyl (C=O) groups excluding carboxylic acids is 1. The van der Waals surface area contributed by atoms with Gasteiger partial charge >= 0.3 is 5.97 Å². The standard InChI is InChI=1S/C18H25NO4/c1-12-9-15(18(21)22)11-19(10-12)17(20)7-8-23-16-6-4-5-13(2)14(16)3/h4-6,12,15H,7-11H2,1-3H3,(H,21,22). The molecule has 1 amide bonds. The second-order valence-electron chi connectivity index (χ2n) is 6.47. The number of hydrogen-bond acceptors (Lipinski definition) is 3. The van der Waals surface area contributed by atoms with Crippen molar-refractivity contribution >= 4 is 11.9 Å². The maximum absolute atomic E-state index is 12.3. The Balaban J connectivity index is 1.87. The molecule has 5 nitrogen and oxygen atoms in total. The second kappa shape index (κ2) is 7.49. The lowest BCUT2D eigenvalue weighted by atomic mass is 9.90. The number of hydrogen-bond donors (Lipinski definition) is 1. The molecule has 2 atom stereocenters. The van der Waals surface area contributed by atoms with Crippen LogP contribution in [-0.2, 0) is 9.59 Å². The molecule has 1 fully saturated rings. The van der Waals surface area contributed by atoms with Gasteiger partial charge in [0, 0.05) is 13.1 Å². The molecule has 1 aromatic rings. The number of aryl methyl sites for hydroxylation is 1. The highest BCUT2D eigenvalue weighted by atomic mass is 16.5. The maximum atomic E-state index is 12.3. The van der Waals surface area contributed by atoms with Crippen LogP contribution in [0.15, 0.2) is 18.2 Å². The zero-order valence-electron chi connectivity index (χ0n) is 14.0. The van der Waals surface area contributed by atoms with Crippen molar-refractivity contribution in [3.05, 3.63) is 29.3 Å². The molecule has 5 heteroatoms. The number of benzene rings is 1. The van der Waals surface area contributed by atoms with Crippen LogP contribution >= 0.6 is 0 Å². The van der Waals surface area contributed by atoms with Gasteiger partial charge in [-0.2, -0.15) is 0 Å². The molecule has 2 unspecified atom stereocenters. The van der Waals surface area contributed by atoms with Crippen molar-refractivity contribution in [3.8, 4) is 5.75 Å². The van der Waals surface area contributed by atoms with Crippen LogP contribution in [0, 0.1) is 25.7 Å². The lowest BCUT2D eigenvalue weighted by Crippen LogP contribution is -2.45. The van der Waals surface area contributed by atoms with E-state index in [0.29, 0.717) is 26.1 Å². The SMILES string of the molecule is Cc1cccc(OCCC(=O)N2CC(C)CC(C(=O)O)C2)c1C. The van der Waals surface area contributed by atoms with E-state index in [2.05, 4.69) is 0 Å². The fourth-order valence-electron chi connectivity index (χ4n) is 3.02. The van der Waals surface area contributed by atoms with Gasteiger partial charge < -0.3 is 14.7 Å². The highest BCUT2D eigenvalue weighted by Gasteiger charge is 2.31. The third-order valence-corrected chi connectivity index (χ3v) is 4.49. The molecule has 1 aromatic carbocycles. The van der Waals surface area contributed by atoms with E-state index in [4.69, 9.17) is 4.74 Å². The molecule has 0 spiro atoms. The topological polar surface area (TPSA) is 66.8 Å². The summed E-state index contributed by atoms with van der Waals surface area (Å²) in [5, 5.41) is 9.17. The molecule has 0 aliphatic carbocycles. The number of ether oxygens (including phenoxy) is 1. The van der Waals surface area contributed by atoms with Crippen molar-refractivity contribution in [2.24, 2.45) is 11.8 Å². The predicted molar refractivity (Wildman–Crippen MR) is 87.5 cm³/mol. The fourth-order valence-corrected chi connectivity index (χ4v) is 3.02. The number of nitrogens with zero attached hydrogens (tertiary/aromatic N) is 1. The van der Waals surface area contributed by atoms with Gasteiger partial charge in [0.05, 0.1) is 18.9 Å². The summed E-state index contributed by atoms with van der Waals surface area (Å²) in [5.41, 5.74) is 2.24. The Hall–Kier alpha value is -2.04. The zero-order chi connectivity index (χ0) is 17.0. The highest BCUT2D eigenvalue weighted by molar-refractivity contribution is 5.78. The first-order valence-electron chi connectivity index (χ1n) is 8.08. The predicted octanol–water partition coefficient (Wildman–Crippen LogP) is 2.64. The van der Waals surface area contributed by atoms with Crippen LogP contribution in [0.3, 0.4) is 0 Å². The average Bonchev–Trinajstić information content (AvgIpc) is 2.50. The molecule has 126 valence electrons. The van der Waals surface area contributed by atoms with Gasteiger partial charge in [0.25, 0.3) is 0 Å². The van der Waals surface area contributed by atoms with Crippen LogP contribution in [0.1, 0.15) is 30.9 Å². The summed E-state index contributed by atoms with van der Waals surface area (Å²) in [6, 6.07) is 5.86. The molecule has 1 aliphatic heterocycles. The number of carbonyl (C=O) groups is 2. The van der Waals surface area contributed by atoms with Gasteiger partial charge in [0.2, 0.25) is 5.91 Å². The molecule has 2 rings (SSSR count). The minimum absolute atomic E-state index is 0.0342. The van der Waals surface area contributed by atoms with E-state index in [9.17, 15) is 14.7 Å². The van der Waals surface area contributed by atoms with Crippen molar-refractivity contribution in [1.29, 1.82) is 0 Å². The minimum atomic E-state index is -0.819. The van der Waals surface area contributed by atoms with Gasteiger partial charge in [0.1, 0.15) is 5.75 Å². The quantitative estimate of drug-likeness (QED) is 0.906. The number of piperidine rings is 1. The lowest BCUT2D eigenvalue weighted by molar-refractivity contribution is -0.147. The molecule has 0 radical (unpaired) electrons. The smallest absolute Gasteiger partial charge is 0.308 e. The number of likely N-dealkylation sites (tertiary alicyclic amines) is 1. The molecule has 0 bridgehead atoms. The Kier molecular flexibility index (Phi) is 5.64. The monoisotopic (exact) mass is 319 g/mol. The van der Waals surface area contributed by atoms with Crippen molar-refractivity contribution in [2.75, 3.05) is 19.7 Å². The van der Waals surface area contributed by atoms with Gasteiger partial charge in [-0.25, -0.2) is 0 Å². The summed E-state index contributed by atoms with van der Waals surface area (Å²) in [6.45, 7) is 7.26. The highest BCUT2D eigenvalue weighted by Crippen LogP contribution is 2.23. The zero-order valence-corrected chi connectivity index (χ0v) is 14.0. The van der Waals surface area contributed by atoms with Crippen LogP contribution in [0.25, 0.3) is 0 Å². The number of carboxylic acid groups (broad SMARTS) is 1. The number of aliphatic carboxylic acids is 1. The van der Waals surface area contributed by atoms with E-state index in [-0.39, 0.29) is 18.2 Å². The Morgan fingerprint density at radius 1 is 1.30 bits per heavy atom. The molecule has 1 aliphatic rings. The largest absolute Gasteiger partial charge is 0.493 e. The number of amides is 1. The van der Waals surface area contributed by atoms with E-state index >= 15 is 0 Å². The fraction of sp³-hybridized carbons (Fsp3) is 0.556. The molecule has 0 saturated carbocycles. The molecule has 0 aromatic heterocycles. The van der Waals surface area contributed by atoms with E-state index in [1.165, 1.54) is 0 Å². The summed E-state index contributed by atoms with van der Waals surface area (Å²) in [4.78, 5) is 25.1. The van der Waals surface area contributed by atoms with Crippen LogP contribution in [0.4, 0.5) is 0 Å². The summed E-state index contributed by atoms with van der Waals surface area (Å²) >= 11 is 0. The summed E-state index contributed by atoms with van der Waals surface area (Å²) < 4.78 is 5.72. The third-order valence-electron chi connectivity index (χ3n) is 4.49. The summed E-state index contributed by atoms with van der Waals surface area (Å²) in [6.07, 6.45) is 0.907. The van der Waals surface area contributed by atoms with Crippen molar-refractivity contribution in [3.63, 3.8) is 0 Å². The second-order valence-corrected chi connectivity index (χ2v) is 6.47. The molecular formula is C18H25NO4. The normalized spacial score (nSPS) is 21.1. The molecule has 1 N–H and O–H groups in total. The van der Waals surface area contributed by atoms with E-state index < -0.39 is 11.9 Å². The lowest BCUT2D eigenvalue weighted by Gasteiger charge is -2.34. The Bertz CT molecular complexity index is 584. The van der Waals surface area contributed by atoms with E-state index in [1.54, 1.807) is 4.90 Å². The molecule has 1 heterocycles. The Labute approximate surface area is 137 Å². The van der Waals surface area contributed by atoms with Crippen molar-refractivity contribution < 1.29 is 19.4 Å². The first-order valence-corrected chi connectivity index (χ1v) is 8.08. The van der Waals surface area contributed by atoms with Gasteiger partial charge in [-0.05, 0) is 43.4 Å². The third kappa shape index (κ3) is 4.47. The maximum Gasteiger partial charge on any atom is 0.308 e. The first-order chi connectivity index (χ1) is 10.9. The minimum Gasteiger partial charge on any atom is -0.493 e. The summed E-state index contributed by atoms with van der Waals surface area (Å²) in [5.74, 6) is -0.293. The van der Waals surface area contributed by atoms with E-state index in [1.807, 2.05) is 39.0 Å². The van der Waals surface area contributed by atoms with Gasteiger partial charge in [-0.1, -0.05) is 19.1 Å². The van der Waals surface area contributed by atoms with Gasteiger partial charge in [-0.3, -0.25) is 9.59 Å². The van der Waals surface area contributed by atoms with Gasteiger partial charge in [0.15, 0.2) is 0 Å². The molecule has 1 saturated heterocycles. The van der Waals surface area contributed by atoms with Crippen LogP contribution in [-0.4, -0.2) is 41.6 Å². The summed E-state index contributed by atoms with van der Waals surface area (Å²) in [7, 11) is 0. The Morgan fingerprint density at radius 2 is 2.04 bits per heavy atom. The van der Waals surface area contributed by atoms with Crippen LogP contribution < -0.4 is 4.74 Å². The van der Waals surface area contributed by atoms with E-state index in [0.717, 1.165) is 16.9 Å². The first kappa shape index (κ1) is 17.3. The van der Waals surface area contributed by atoms with Crippen LogP contribution in [0.5, 0.6) is 5.75 Å². The molecule has 23 heavy (non-hydrogen) atoms. The average molecular weight is 319 g/mol. The molecular weight excluding hydrogens is 294 g/mol. The van der Waals surface area contributed by atoms with Crippen molar-refractivity contribution in [1.82, 2.24) is 4.90 Å². The van der Waals surface area contributed by atoms with Crippen molar-refractivity contribution in [2.45, 2.75) is 33.6 Å².